The van der Waals surface area contributed by atoms with E-state index in [1.165, 1.54) is 25.7 Å². The summed E-state index contributed by atoms with van der Waals surface area (Å²) < 4.78 is 0. The molecule has 1 aliphatic rings. The summed E-state index contributed by atoms with van der Waals surface area (Å²) in [6.45, 7) is 8.64. The maximum Gasteiger partial charge on any atom is 0.0304 e. The van der Waals surface area contributed by atoms with Gasteiger partial charge < -0.3 is 11.1 Å². The minimum Gasteiger partial charge on any atom is -0.329 e. The second kappa shape index (κ2) is 5.83. The lowest BCUT2D eigenvalue weighted by Crippen LogP contribution is -2.54. The molecule has 0 bridgehead atoms. The molecule has 0 aliphatic heterocycles. The molecule has 1 aliphatic carbocycles. The predicted molar refractivity (Wildman–Crippen MR) is 71.5 cm³/mol. The Morgan fingerprint density at radius 3 is 2.31 bits per heavy atom. The van der Waals surface area contributed by atoms with Crippen molar-refractivity contribution >= 4 is 0 Å². The van der Waals surface area contributed by atoms with Crippen LogP contribution in [0.25, 0.3) is 0 Å². The molecule has 0 amide bonds. The quantitative estimate of drug-likeness (QED) is 0.556. The van der Waals surface area contributed by atoms with Crippen molar-refractivity contribution in [2.75, 3.05) is 13.1 Å². The zero-order chi connectivity index (χ0) is 12.1. The molecule has 94 valence electrons. The van der Waals surface area contributed by atoms with Crippen LogP contribution in [-0.2, 0) is 0 Å². The highest BCUT2D eigenvalue weighted by atomic mass is 15.0. The van der Waals surface area contributed by atoms with Crippen molar-refractivity contribution in [1.29, 1.82) is 0 Å². The molecular weight excluding hydrogens is 196 g/mol. The molecule has 3 N–H and O–H groups in total. The first-order chi connectivity index (χ1) is 7.54. The van der Waals surface area contributed by atoms with Crippen molar-refractivity contribution < 1.29 is 0 Å². The number of hydrogen-bond acceptors (Lipinski definition) is 2. The smallest absolute Gasteiger partial charge is 0.0304 e. The van der Waals surface area contributed by atoms with Gasteiger partial charge in [0.1, 0.15) is 0 Å². The van der Waals surface area contributed by atoms with Crippen molar-refractivity contribution in [3.63, 3.8) is 0 Å². The molecule has 0 heterocycles. The third-order valence-electron chi connectivity index (χ3n) is 4.00. The summed E-state index contributed by atoms with van der Waals surface area (Å²) in [7, 11) is 0. The summed E-state index contributed by atoms with van der Waals surface area (Å²) in [5.41, 5.74) is 6.70. The minimum absolute atomic E-state index is 0.219. The Balaban J connectivity index is 2.40. The van der Waals surface area contributed by atoms with E-state index in [0.29, 0.717) is 5.41 Å². The molecule has 0 saturated heterocycles. The predicted octanol–water partition coefficient (Wildman–Crippen LogP) is 2.84. The SMILES string of the molecule is C/C=C/CCNC1(CN)CCC(C)(C)CC1. The Hall–Kier alpha value is -0.340. The highest BCUT2D eigenvalue weighted by Crippen LogP contribution is 2.39. The molecule has 1 fully saturated rings. The van der Waals surface area contributed by atoms with Gasteiger partial charge in [-0.2, -0.15) is 0 Å². The summed E-state index contributed by atoms with van der Waals surface area (Å²) in [5.74, 6) is 0. The number of hydrogen-bond donors (Lipinski definition) is 2. The lowest BCUT2D eigenvalue weighted by atomic mass is 9.69. The third-order valence-corrected chi connectivity index (χ3v) is 4.00. The molecule has 0 atom stereocenters. The Kier molecular flexibility index (Phi) is 5.00. The van der Waals surface area contributed by atoms with Gasteiger partial charge in [0.05, 0.1) is 0 Å². The van der Waals surface area contributed by atoms with Crippen LogP contribution < -0.4 is 11.1 Å². The van der Waals surface area contributed by atoms with E-state index in [4.69, 9.17) is 5.73 Å². The van der Waals surface area contributed by atoms with Crippen LogP contribution in [0.5, 0.6) is 0 Å². The van der Waals surface area contributed by atoms with Gasteiger partial charge >= 0.3 is 0 Å². The van der Waals surface area contributed by atoms with Gasteiger partial charge in [0.2, 0.25) is 0 Å². The molecule has 0 aromatic rings. The maximum atomic E-state index is 5.96. The van der Waals surface area contributed by atoms with E-state index in [-0.39, 0.29) is 5.54 Å². The van der Waals surface area contributed by atoms with E-state index in [1.807, 2.05) is 0 Å². The van der Waals surface area contributed by atoms with Gasteiger partial charge in [0.25, 0.3) is 0 Å². The number of rotatable bonds is 5. The van der Waals surface area contributed by atoms with Crippen LogP contribution in [0.15, 0.2) is 12.2 Å². The van der Waals surface area contributed by atoms with Crippen molar-refractivity contribution in [2.45, 2.75) is 58.4 Å². The first kappa shape index (κ1) is 13.7. The standard InChI is InChI=1S/C14H28N2/c1-4-5-6-11-16-14(12-15)9-7-13(2,3)8-10-14/h4-5,16H,6-12,15H2,1-3H3/b5-4+. The highest BCUT2D eigenvalue weighted by molar-refractivity contribution is 4.96. The van der Waals surface area contributed by atoms with Crippen LogP contribution in [0.2, 0.25) is 0 Å². The molecule has 1 rings (SSSR count). The molecular formula is C14H28N2. The van der Waals surface area contributed by atoms with E-state index in [0.717, 1.165) is 19.5 Å². The largest absolute Gasteiger partial charge is 0.329 e. The van der Waals surface area contributed by atoms with Gasteiger partial charge in [0.15, 0.2) is 0 Å². The fourth-order valence-electron chi connectivity index (χ4n) is 2.45. The van der Waals surface area contributed by atoms with Crippen LogP contribution in [0.1, 0.15) is 52.9 Å². The number of allylic oxidation sites excluding steroid dienone is 1. The van der Waals surface area contributed by atoms with E-state index >= 15 is 0 Å². The Bertz CT molecular complexity index is 221. The molecule has 2 nitrogen and oxygen atoms in total. The van der Waals surface area contributed by atoms with Crippen molar-refractivity contribution in [1.82, 2.24) is 5.32 Å². The lowest BCUT2D eigenvalue weighted by Gasteiger charge is -2.43. The van der Waals surface area contributed by atoms with Crippen LogP contribution in [-0.4, -0.2) is 18.6 Å². The zero-order valence-corrected chi connectivity index (χ0v) is 11.2. The van der Waals surface area contributed by atoms with Gasteiger partial charge in [-0.05, 0) is 51.0 Å². The van der Waals surface area contributed by atoms with Gasteiger partial charge in [-0.3, -0.25) is 0 Å². The molecule has 0 aromatic heterocycles. The highest BCUT2D eigenvalue weighted by Gasteiger charge is 2.36. The number of nitrogens with one attached hydrogen (secondary N) is 1. The van der Waals surface area contributed by atoms with Crippen LogP contribution in [0.3, 0.4) is 0 Å². The summed E-state index contributed by atoms with van der Waals surface area (Å²) in [6.07, 6.45) is 10.5. The summed E-state index contributed by atoms with van der Waals surface area (Å²) in [5, 5.41) is 3.68. The average molecular weight is 224 g/mol. The summed E-state index contributed by atoms with van der Waals surface area (Å²) in [4.78, 5) is 0. The molecule has 1 saturated carbocycles. The second-order valence-corrected chi connectivity index (χ2v) is 5.93. The van der Waals surface area contributed by atoms with Crippen molar-refractivity contribution in [2.24, 2.45) is 11.1 Å². The molecule has 0 spiro atoms. The topological polar surface area (TPSA) is 38.0 Å². The Morgan fingerprint density at radius 1 is 1.19 bits per heavy atom. The summed E-state index contributed by atoms with van der Waals surface area (Å²) in [6, 6.07) is 0. The molecule has 16 heavy (non-hydrogen) atoms. The molecule has 0 radical (unpaired) electrons. The average Bonchev–Trinajstić information content (AvgIpc) is 2.27. The van der Waals surface area contributed by atoms with E-state index in [2.05, 4.69) is 38.2 Å². The van der Waals surface area contributed by atoms with Crippen molar-refractivity contribution in [3.8, 4) is 0 Å². The first-order valence-corrected chi connectivity index (χ1v) is 6.60. The van der Waals surface area contributed by atoms with Crippen molar-refractivity contribution in [3.05, 3.63) is 12.2 Å². The molecule has 0 aromatic carbocycles. The fraction of sp³-hybridized carbons (Fsp3) is 0.857. The second-order valence-electron chi connectivity index (χ2n) is 5.93. The van der Waals surface area contributed by atoms with Crippen LogP contribution in [0, 0.1) is 5.41 Å². The van der Waals surface area contributed by atoms with Gasteiger partial charge in [-0.15, -0.1) is 0 Å². The number of nitrogens with two attached hydrogens (primary N) is 1. The minimum atomic E-state index is 0.219. The normalized spacial score (nSPS) is 23.8. The fourth-order valence-corrected chi connectivity index (χ4v) is 2.45. The van der Waals surface area contributed by atoms with Crippen LogP contribution >= 0.6 is 0 Å². The van der Waals surface area contributed by atoms with E-state index in [9.17, 15) is 0 Å². The zero-order valence-electron chi connectivity index (χ0n) is 11.2. The monoisotopic (exact) mass is 224 g/mol. The van der Waals surface area contributed by atoms with Gasteiger partial charge in [0, 0.05) is 12.1 Å². The third kappa shape index (κ3) is 3.91. The Labute approximate surface area is 101 Å². The molecule has 2 heteroatoms. The van der Waals surface area contributed by atoms with E-state index < -0.39 is 0 Å². The van der Waals surface area contributed by atoms with Gasteiger partial charge in [-0.25, -0.2) is 0 Å². The van der Waals surface area contributed by atoms with Crippen LogP contribution in [0.4, 0.5) is 0 Å². The maximum absolute atomic E-state index is 5.96. The lowest BCUT2D eigenvalue weighted by molar-refractivity contribution is 0.140. The van der Waals surface area contributed by atoms with E-state index in [1.54, 1.807) is 0 Å². The first-order valence-electron chi connectivity index (χ1n) is 6.60. The molecule has 0 unspecified atom stereocenters. The van der Waals surface area contributed by atoms with Gasteiger partial charge in [-0.1, -0.05) is 26.0 Å². The Morgan fingerprint density at radius 2 is 1.81 bits per heavy atom. The summed E-state index contributed by atoms with van der Waals surface area (Å²) >= 11 is 0.